The van der Waals surface area contributed by atoms with E-state index in [4.69, 9.17) is 0 Å². The molecule has 0 spiro atoms. The van der Waals surface area contributed by atoms with Crippen molar-refractivity contribution in [1.29, 1.82) is 0 Å². The summed E-state index contributed by atoms with van der Waals surface area (Å²) in [6.45, 7) is 6.58. The Morgan fingerprint density at radius 2 is 1.11 bits per heavy atom. The van der Waals surface area contributed by atoms with Crippen LogP contribution in [-0.2, 0) is 9.59 Å². The Hall–Kier alpha value is -5.83. The van der Waals surface area contributed by atoms with Crippen molar-refractivity contribution in [3.05, 3.63) is 130 Å². The molecule has 230 valence electrons. The molecule has 6 rings (SSSR count). The van der Waals surface area contributed by atoms with Crippen LogP contribution in [-0.4, -0.2) is 47.1 Å². The normalized spacial score (nSPS) is 13.8. The van der Waals surface area contributed by atoms with E-state index in [1.54, 1.807) is 36.4 Å². The zero-order valence-corrected chi connectivity index (χ0v) is 25.8. The summed E-state index contributed by atoms with van der Waals surface area (Å²) < 4.78 is 12.6. The van der Waals surface area contributed by atoms with Crippen LogP contribution in [0.4, 0.5) is 10.1 Å². The number of hydrogen-bond acceptors (Lipinski definition) is 6. The third-order valence-corrected chi connectivity index (χ3v) is 7.66. The molecule has 0 bridgehead atoms. The molecular weight excluding hydrogens is 587 g/mol. The van der Waals surface area contributed by atoms with Crippen LogP contribution < -0.4 is 4.90 Å². The maximum atomic E-state index is 13.1. The van der Waals surface area contributed by atoms with Gasteiger partial charge < -0.3 is 0 Å². The SMILES string of the molecule is CC(=O)/C=C(\C(C)=O)c1ccc(F)cc1.Cc1cc(C)cc(N2C(=O)c3ccc(-c4ccc5c(c4)C(=O)N(C)C5=O)cc3C2=O)c1. The number of anilines is 1. The Bertz CT molecular complexity index is 2010. The van der Waals surface area contributed by atoms with Gasteiger partial charge in [-0.15, -0.1) is 0 Å². The van der Waals surface area contributed by atoms with E-state index < -0.39 is 0 Å². The number of benzene rings is 4. The molecule has 0 saturated carbocycles. The Balaban J connectivity index is 0.000000235. The van der Waals surface area contributed by atoms with Gasteiger partial charge in [-0.05, 0) is 110 Å². The summed E-state index contributed by atoms with van der Waals surface area (Å²) in [5.74, 6) is -2.20. The topological polar surface area (TPSA) is 109 Å². The average molecular weight is 617 g/mol. The van der Waals surface area contributed by atoms with Crippen molar-refractivity contribution in [2.24, 2.45) is 0 Å². The van der Waals surface area contributed by atoms with Crippen LogP contribution in [0.3, 0.4) is 0 Å². The minimum absolute atomic E-state index is 0.204. The fraction of sp³-hybridized carbons (Fsp3) is 0.135. The molecule has 2 aliphatic heterocycles. The molecule has 4 aromatic carbocycles. The number of halogens is 1. The molecule has 0 unspecified atom stereocenters. The number of amides is 4. The monoisotopic (exact) mass is 616 g/mol. The molecule has 0 aromatic heterocycles. The Kier molecular flexibility index (Phi) is 8.43. The molecular formula is C37H29FN2O6. The van der Waals surface area contributed by atoms with Gasteiger partial charge in [-0.1, -0.05) is 30.3 Å². The van der Waals surface area contributed by atoms with Crippen LogP contribution in [0.5, 0.6) is 0 Å². The molecule has 0 saturated heterocycles. The van der Waals surface area contributed by atoms with Crippen LogP contribution in [0.2, 0.25) is 0 Å². The number of allylic oxidation sites excluding steroid dienone is 2. The van der Waals surface area contributed by atoms with Crippen molar-refractivity contribution in [2.75, 3.05) is 11.9 Å². The first-order valence-corrected chi connectivity index (χ1v) is 14.3. The molecule has 8 nitrogen and oxygen atoms in total. The number of nitrogens with zero attached hydrogens (tertiary/aromatic N) is 2. The molecule has 0 N–H and O–H groups in total. The van der Waals surface area contributed by atoms with Gasteiger partial charge in [-0.3, -0.25) is 33.7 Å². The zero-order chi connectivity index (χ0) is 33.4. The van der Waals surface area contributed by atoms with Crippen LogP contribution in [0.15, 0.2) is 84.9 Å². The van der Waals surface area contributed by atoms with Crippen molar-refractivity contribution in [1.82, 2.24) is 4.90 Å². The zero-order valence-electron chi connectivity index (χ0n) is 25.8. The van der Waals surface area contributed by atoms with Gasteiger partial charge in [-0.2, -0.15) is 0 Å². The molecule has 0 atom stereocenters. The number of fused-ring (bicyclic) bond motifs is 2. The molecule has 0 radical (unpaired) electrons. The van der Waals surface area contributed by atoms with E-state index in [0.717, 1.165) is 16.0 Å². The number of imide groups is 2. The first-order valence-electron chi connectivity index (χ1n) is 14.3. The average Bonchev–Trinajstić information content (AvgIpc) is 3.39. The standard InChI is InChI=1S/C25H18N2O4.C12H11FO2/c1-13-8-14(2)10-17(9-13)27-24(30)19-7-5-16(12-21(19)25(27)31)15-4-6-18-20(11-15)23(29)26(3)22(18)28;1-8(14)7-12(9(2)15)10-3-5-11(13)6-4-10/h4-12H,1-3H3;3-7H,1-2H3/b;12-7+. The highest BCUT2D eigenvalue weighted by Crippen LogP contribution is 2.34. The van der Waals surface area contributed by atoms with E-state index in [2.05, 4.69) is 0 Å². The number of hydrogen-bond donors (Lipinski definition) is 0. The minimum Gasteiger partial charge on any atom is -0.295 e. The Morgan fingerprint density at radius 3 is 1.63 bits per heavy atom. The van der Waals surface area contributed by atoms with Gasteiger partial charge in [0.15, 0.2) is 11.6 Å². The van der Waals surface area contributed by atoms with Gasteiger partial charge in [-0.25, -0.2) is 9.29 Å². The van der Waals surface area contributed by atoms with Gasteiger partial charge in [0.1, 0.15) is 5.82 Å². The van der Waals surface area contributed by atoms with Crippen LogP contribution in [0.25, 0.3) is 16.7 Å². The molecule has 0 aliphatic carbocycles. The third kappa shape index (κ3) is 5.95. The first kappa shape index (κ1) is 31.6. The lowest BCUT2D eigenvalue weighted by molar-refractivity contribution is -0.114. The Labute approximate surface area is 264 Å². The van der Waals surface area contributed by atoms with E-state index in [0.29, 0.717) is 50.2 Å². The molecule has 2 heterocycles. The molecule has 2 aliphatic rings. The summed E-state index contributed by atoms with van der Waals surface area (Å²) in [6, 6.07) is 21.2. The van der Waals surface area contributed by atoms with Crippen LogP contribution in [0, 0.1) is 19.7 Å². The van der Waals surface area contributed by atoms with Gasteiger partial charge in [0.25, 0.3) is 23.6 Å². The van der Waals surface area contributed by atoms with Crippen LogP contribution in [0.1, 0.15) is 72.0 Å². The summed E-state index contributed by atoms with van der Waals surface area (Å²) in [5, 5.41) is 0. The number of aryl methyl sites for hydroxylation is 2. The lowest BCUT2D eigenvalue weighted by Crippen LogP contribution is -2.29. The predicted octanol–water partition coefficient (Wildman–Crippen LogP) is 6.38. The molecule has 0 fully saturated rings. The minimum atomic E-state index is -0.376. The summed E-state index contributed by atoms with van der Waals surface area (Å²) in [6.07, 6.45) is 1.26. The largest absolute Gasteiger partial charge is 0.295 e. The summed E-state index contributed by atoms with van der Waals surface area (Å²) in [5.41, 5.74) is 6.11. The quantitative estimate of drug-likeness (QED) is 0.190. The van der Waals surface area contributed by atoms with E-state index >= 15 is 0 Å². The third-order valence-electron chi connectivity index (χ3n) is 7.66. The Morgan fingerprint density at radius 1 is 0.630 bits per heavy atom. The molecule has 9 heteroatoms. The van der Waals surface area contributed by atoms with E-state index in [9.17, 15) is 33.2 Å². The number of Topliss-reactive ketones (excluding diaryl/α,β-unsaturated/α-hetero) is 1. The maximum absolute atomic E-state index is 13.1. The smallest absolute Gasteiger partial charge is 0.266 e. The van der Waals surface area contributed by atoms with Gasteiger partial charge >= 0.3 is 0 Å². The highest BCUT2D eigenvalue weighted by Gasteiger charge is 2.37. The van der Waals surface area contributed by atoms with Crippen LogP contribution >= 0.6 is 0 Å². The number of carbonyl (C=O) groups excluding carboxylic acids is 6. The summed E-state index contributed by atoms with van der Waals surface area (Å²) in [7, 11) is 1.45. The molecule has 4 aromatic rings. The second-order valence-electron chi connectivity index (χ2n) is 11.2. The predicted molar refractivity (Wildman–Crippen MR) is 171 cm³/mol. The van der Waals surface area contributed by atoms with Gasteiger partial charge in [0.2, 0.25) is 0 Å². The van der Waals surface area contributed by atoms with Gasteiger partial charge in [0.05, 0.1) is 27.9 Å². The van der Waals surface area contributed by atoms with Crippen molar-refractivity contribution in [2.45, 2.75) is 27.7 Å². The van der Waals surface area contributed by atoms with Crippen molar-refractivity contribution >= 4 is 46.5 Å². The summed E-state index contributed by atoms with van der Waals surface area (Å²) in [4.78, 5) is 75.0. The highest BCUT2D eigenvalue weighted by molar-refractivity contribution is 6.34. The second-order valence-corrected chi connectivity index (χ2v) is 11.2. The summed E-state index contributed by atoms with van der Waals surface area (Å²) >= 11 is 0. The van der Waals surface area contributed by atoms with E-state index in [1.165, 1.54) is 56.1 Å². The molecule has 46 heavy (non-hydrogen) atoms. The maximum Gasteiger partial charge on any atom is 0.266 e. The highest BCUT2D eigenvalue weighted by atomic mass is 19.1. The number of carbonyl (C=O) groups is 6. The van der Waals surface area contributed by atoms with Crippen molar-refractivity contribution in [3.8, 4) is 11.1 Å². The lowest BCUT2D eigenvalue weighted by Gasteiger charge is -2.15. The second kappa shape index (κ2) is 12.3. The number of ketones is 2. The first-order chi connectivity index (χ1) is 21.8. The van der Waals surface area contributed by atoms with Crippen molar-refractivity contribution < 1.29 is 33.2 Å². The van der Waals surface area contributed by atoms with Gasteiger partial charge in [0, 0.05) is 12.6 Å². The van der Waals surface area contributed by atoms with Crippen molar-refractivity contribution in [3.63, 3.8) is 0 Å². The fourth-order valence-electron chi connectivity index (χ4n) is 5.50. The van der Waals surface area contributed by atoms with E-state index in [1.807, 2.05) is 32.0 Å². The fourth-order valence-corrected chi connectivity index (χ4v) is 5.50. The molecule has 4 amide bonds. The lowest BCUT2D eigenvalue weighted by atomic mass is 9.97. The van der Waals surface area contributed by atoms with E-state index in [-0.39, 0.29) is 41.0 Å². The number of rotatable bonds is 5.